The summed E-state index contributed by atoms with van der Waals surface area (Å²) in [5.41, 5.74) is 4.36. The molecule has 140 valence electrons. The van der Waals surface area contributed by atoms with Gasteiger partial charge in [0.15, 0.2) is 0 Å². The number of nitrogens with one attached hydrogen (secondary N) is 4. The number of rotatable bonds is 0. The Balaban J connectivity index is 1.56. The first-order valence-corrected chi connectivity index (χ1v) is 9.22. The smallest absolute Gasteiger partial charge is 0.0639 e. The van der Waals surface area contributed by atoms with Gasteiger partial charge in [-0.25, -0.2) is 0 Å². The average Bonchev–Trinajstić information content (AvgIpc) is 2.68. The molecule has 0 atom stereocenters. The van der Waals surface area contributed by atoms with Gasteiger partial charge in [0.05, 0.1) is 49.2 Å². The molecule has 0 amide bonds. The van der Waals surface area contributed by atoms with Crippen LogP contribution in [0.25, 0.3) is 0 Å². The number of hydrogen-bond acceptors (Lipinski definition) is 6. The Hall–Kier alpha value is -2.44. The predicted octanol–water partition coefficient (Wildman–Crippen LogP) is 3.08. The summed E-state index contributed by atoms with van der Waals surface area (Å²) >= 11 is 0. The number of fused-ring (bicyclic) bond motifs is 2. The second-order valence-corrected chi connectivity index (χ2v) is 6.02. The van der Waals surface area contributed by atoms with E-state index in [1.54, 1.807) is 0 Å². The molecule has 2 aromatic carbocycles. The lowest BCUT2D eigenvalue weighted by Gasteiger charge is -2.16. The zero-order chi connectivity index (χ0) is 17.9. The van der Waals surface area contributed by atoms with E-state index in [1.807, 2.05) is 24.3 Å². The van der Waals surface area contributed by atoms with Crippen LogP contribution in [0.2, 0.25) is 0 Å². The molecule has 0 saturated carbocycles. The SMILES string of the molecule is c1ccc2c(c1)NCCOCCNc1ccccc1NCCOCCN2. The van der Waals surface area contributed by atoms with E-state index in [0.29, 0.717) is 26.4 Å². The minimum atomic E-state index is 0.666. The largest absolute Gasteiger partial charge is 0.381 e. The molecule has 6 nitrogen and oxygen atoms in total. The van der Waals surface area contributed by atoms with Crippen molar-refractivity contribution in [3.05, 3.63) is 48.5 Å². The molecule has 0 aliphatic carbocycles. The Morgan fingerprint density at radius 3 is 1.00 bits per heavy atom. The van der Waals surface area contributed by atoms with Crippen molar-refractivity contribution in [2.24, 2.45) is 0 Å². The van der Waals surface area contributed by atoms with E-state index in [4.69, 9.17) is 9.47 Å². The van der Waals surface area contributed by atoms with Gasteiger partial charge >= 0.3 is 0 Å². The summed E-state index contributed by atoms with van der Waals surface area (Å²) in [4.78, 5) is 0. The first-order valence-electron chi connectivity index (χ1n) is 9.22. The minimum absolute atomic E-state index is 0.666. The number of ether oxygens (including phenoxy) is 2. The third-order valence-corrected chi connectivity index (χ3v) is 4.10. The van der Waals surface area contributed by atoms with Crippen LogP contribution in [0.15, 0.2) is 48.5 Å². The van der Waals surface area contributed by atoms with Crippen molar-refractivity contribution >= 4 is 22.7 Å². The molecule has 0 aromatic heterocycles. The third kappa shape index (κ3) is 5.82. The van der Waals surface area contributed by atoms with Crippen molar-refractivity contribution in [2.75, 3.05) is 73.9 Å². The first-order chi connectivity index (χ1) is 12.9. The lowest BCUT2D eigenvalue weighted by Crippen LogP contribution is -2.18. The summed E-state index contributed by atoms with van der Waals surface area (Å²) in [5.74, 6) is 0. The number of hydrogen-bond donors (Lipinski definition) is 4. The van der Waals surface area contributed by atoms with Crippen LogP contribution in [0.4, 0.5) is 22.7 Å². The molecule has 0 fully saturated rings. The summed E-state index contributed by atoms with van der Waals surface area (Å²) < 4.78 is 11.4. The monoisotopic (exact) mass is 356 g/mol. The summed E-state index contributed by atoms with van der Waals surface area (Å²) in [6.45, 7) is 5.75. The van der Waals surface area contributed by atoms with Crippen molar-refractivity contribution in [1.29, 1.82) is 0 Å². The van der Waals surface area contributed by atoms with Gasteiger partial charge in [-0.05, 0) is 24.3 Å². The molecule has 0 saturated heterocycles. The van der Waals surface area contributed by atoms with E-state index in [2.05, 4.69) is 45.5 Å². The van der Waals surface area contributed by atoms with Crippen LogP contribution in [-0.4, -0.2) is 52.6 Å². The fraction of sp³-hybridized carbons (Fsp3) is 0.400. The molecule has 3 rings (SSSR count). The lowest BCUT2D eigenvalue weighted by molar-refractivity contribution is 0.153. The zero-order valence-electron chi connectivity index (χ0n) is 15.1. The quantitative estimate of drug-likeness (QED) is 0.582. The molecular weight excluding hydrogens is 328 g/mol. The second-order valence-electron chi connectivity index (χ2n) is 6.02. The van der Waals surface area contributed by atoms with Gasteiger partial charge in [0, 0.05) is 26.2 Å². The molecule has 26 heavy (non-hydrogen) atoms. The summed E-state index contributed by atoms with van der Waals surface area (Å²) in [5, 5.41) is 13.7. The number of benzene rings is 2. The van der Waals surface area contributed by atoms with Crippen LogP contribution in [-0.2, 0) is 9.47 Å². The van der Waals surface area contributed by atoms with Crippen molar-refractivity contribution in [1.82, 2.24) is 0 Å². The van der Waals surface area contributed by atoms with Crippen LogP contribution in [0.5, 0.6) is 0 Å². The van der Waals surface area contributed by atoms with E-state index in [1.165, 1.54) is 0 Å². The second kappa shape index (κ2) is 10.5. The molecule has 1 aliphatic heterocycles. The lowest BCUT2D eigenvalue weighted by atomic mass is 10.2. The van der Waals surface area contributed by atoms with E-state index in [0.717, 1.165) is 48.9 Å². The topological polar surface area (TPSA) is 66.6 Å². The summed E-state index contributed by atoms with van der Waals surface area (Å²) in [6, 6.07) is 16.4. The van der Waals surface area contributed by atoms with Crippen molar-refractivity contribution < 1.29 is 9.47 Å². The molecular formula is C20H28N4O2. The number of anilines is 4. The van der Waals surface area contributed by atoms with Gasteiger partial charge in [-0.3, -0.25) is 0 Å². The first kappa shape index (κ1) is 18.4. The van der Waals surface area contributed by atoms with Gasteiger partial charge in [-0.15, -0.1) is 0 Å². The molecule has 0 spiro atoms. The Morgan fingerprint density at radius 2 is 0.731 bits per heavy atom. The Kier molecular flexibility index (Phi) is 7.43. The van der Waals surface area contributed by atoms with Crippen molar-refractivity contribution in [3.8, 4) is 0 Å². The van der Waals surface area contributed by atoms with E-state index < -0.39 is 0 Å². The normalized spacial score (nSPS) is 16.9. The van der Waals surface area contributed by atoms with E-state index in [9.17, 15) is 0 Å². The number of para-hydroxylation sites is 4. The summed E-state index contributed by atoms with van der Waals surface area (Å²) in [6.07, 6.45) is 0. The Labute approximate surface area is 155 Å². The maximum Gasteiger partial charge on any atom is 0.0639 e. The van der Waals surface area contributed by atoms with Crippen molar-refractivity contribution in [2.45, 2.75) is 0 Å². The van der Waals surface area contributed by atoms with Crippen LogP contribution in [0.3, 0.4) is 0 Å². The molecule has 2 aromatic rings. The van der Waals surface area contributed by atoms with E-state index >= 15 is 0 Å². The van der Waals surface area contributed by atoms with Crippen molar-refractivity contribution in [3.63, 3.8) is 0 Å². The highest BCUT2D eigenvalue weighted by Gasteiger charge is 2.03. The third-order valence-electron chi connectivity index (χ3n) is 4.10. The highest BCUT2D eigenvalue weighted by Crippen LogP contribution is 2.21. The highest BCUT2D eigenvalue weighted by molar-refractivity contribution is 5.69. The van der Waals surface area contributed by atoms with Crippen LogP contribution >= 0.6 is 0 Å². The molecule has 0 radical (unpaired) electrons. The van der Waals surface area contributed by atoms with Crippen LogP contribution in [0, 0.1) is 0 Å². The maximum absolute atomic E-state index is 5.72. The molecule has 1 heterocycles. The van der Waals surface area contributed by atoms with Crippen LogP contribution < -0.4 is 21.3 Å². The molecule has 0 bridgehead atoms. The fourth-order valence-electron chi connectivity index (χ4n) is 2.82. The van der Waals surface area contributed by atoms with Gasteiger partial charge in [-0.1, -0.05) is 24.3 Å². The molecule has 0 unspecified atom stereocenters. The minimum Gasteiger partial charge on any atom is -0.381 e. The maximum atomic E-state index is 5.72. The molecule has 4 N–H and O–H groups in total. The highest BCUT2D eigenvalue weighted by atomic mass is 16.5. The predicted molar refractivity (Wildman–Crippen MR) is 108 cm³/mol. The van der Waals surface area contributed by atoms with Gasteiger partial charge in [-0.2, -0.15) is 0 Å². The Bertz CT molecular complexity index is 554. The fourth-order valence-corrected chi connectivity index (χ4v) is 2.82. The summed E-state index contributed by atoms with van der Waals surface area (Å²) in [7, 11) is 0. The molecule has 6 heteroatoms. The average molecular weight is 356 g/mol. The van der Waals surface area contributed by atoms with Gasteiger partial charge in [0.2, 0.25) is 0 Å². The van der Waals surface area contributed by atoms with E-state index in [-0.39, 0.29) is 0 Å². The standard InChI is InChI=1S/C20H28N4O2/c1-2-6-18-17(5-1)21-9-13-25-15-11-23-19-7-3-4-8-20(19)24-12-16-26-14-10-22-18/h1-8,21-24H,9-16H2. The Morgan fingerprint density at radius 1 is 0.462 bits per heavy atom. The van der Waals surface area contributed by atoms with Gasteiger partial charge in [0.25, 0.3) is 0 Å². The van der Waals surface area contributed by atoms with Gasteiger partial charge in [0.1, 0.15) is 0 Å². The van der Waals surface area contributed by atoms with Gasteiger partial charge < -0.3 is 30.7 Å². The van der Waals surface area contributed by atoms with Crippen LogP contribution in [0.1, 0.15) is 0 Å². The zero-order valence-corrected chi connectivity index (χ0v) is 15.1. The molecule has 1 aliphatic rings.